The van der Waals surface area contributed by atoms with Crippen molar-refractivity contribution in [2.75, 3.05) is 19.4 Å². The number of benzene rings is 1. The van der Waals surface area contributed by atoms with Crippen LogP contribution in [0, 0.1) is 6.92 Å². The largest absolute Gasteiger partial charge is 0.465 e. The lowest BCUT2D eigenvalue weighted by Crippen LogP contribution is -2.49. The van der Waals surface area contributed by atoms with Gasteiger partial charge in [-0.3, -0.25) is 4.79 Å². The van der Waals surface area contributed by atoms with E-state index in [1.807, 2.05) is 13.8 Å². The van der Waals surface area contributed by atoms with Gasteiger partial charge in [0.05, 0.1) is 6.61 Å². The van der Waals surface area contributed by atoms with Gasteiger partial charge in [-0.2, -0.15) is 0 Å². The number of hydrogen-bond acceptors (Lipinski definition) is 4. The molecule has 1 N–H and O–H groups in total. The van der Waals surface area contributed by atoms with Gasteiger partial charge < -0.3 is 10.1 Å². The molecule has 0 amide bonds. The normalized spacial score (nSPS) is 13.9. The van der Waals surface area contributed by atoms with Gasteiger partial charge >= 0.3 is 5.97 Å². The second-order valence-corrected chi connectivity index (χ2v) is 5.89. The van der Waals surface area contributed by atoms with Gasteiger partial charge in [-0.1, -0.05) is 17.7 Å². The Labute approximate surface area is 120 Å². The van der Waals surface area contributed by atoms with E-state index in [2.05, 4.69) is 36.5 Å². The predicted octanol–water partition coefficient (Wildman–Crippen LogP) is 3.02. The summed E-state index contributed by atoms with van der Waals surface area (Å²) in [6, 6.07) is 8.39. The topological polar surface area (TPSA) is 38.3 Å². The summed E-state index contributed by atoms with van der Waals surface area (Å²) in [5, 5.41) is 3.07. The lowest BCUT2D eigenvalue weighted by molar-refractivity contribution is -0.150. The van der Waals surface area contributed by atoms with Gasteiger partial charge in [0.2, 0.25) is 0 Å². The first-order chi connectivity index (χ1) is 9.01. The van der Waals surface area contributed by atoms with Crippen LogP contribution in [0.1, 0.15) is 25.8 Å². The van der Waals surface area contributed by atoms with Crippen LogP contribution < -0.4 is 5.32 Å². The Hall–Kier alpha value is -1.00. The van der Waals surface area contributed by atoms with Gasteiger partial charge in [0.25, 0.3) is 0 Å². The molecule has 0 aliphatic heterocycles. The molecule has 0 heterocycles. The van der Waals surface area contributed by atoms with Gasteiger partial charge in [0.1, 0.15) is 5.54 Å². The molecule has 0 aliphatic rings. The predicted molar refractivity (Wildman–Crippen MR) is 80.6 cm³/mol. The highest BCUT2D eigenvalue weighted by molar-refractivity contribution is 7.99. The Kier molecular flexibility index (Phi) is 6.38. The maximum atomic E-state index is 11.9. The smallest absolute Gasteiger partial charge is 0.326 e. The summed E-state index contributed by atoms with van der Waals surface area (Å²) in [7, 11) is 1.80. The minimum atomic E-state index is -0.604. The summed E-state index contributed by atoms with van der Waals surface area (Å²) in [6.07, 6.45) is 0.737. The molecule has 1 aromatic rings. The third-order valence-corrected chi connectivity index (χ3v) is 4.13. The Morgan fingerprint density at radius 2 is 2.21 bits per heavy atom. The minimum absolute atomic E-state index is 0.178. The number of nitrogens with one attached hydrogen (secondary N) is 1. The number of carbonyl (C=O) groups is 1. The van der Waals surface area contributed by atoms with E-state index in [0.29, 0.717) is 6.61 Å². The molecule has 0 spiro atoms. The summed E-state index contributed by atoms with van der Waals surface area (Å²) in [5.41, 5.74) is 0.652. The quantitative estimate of drug-likeness (QED) is 0.616. The number of carbonyl (C=O) groups excluding carboxylic acids is 1. The molecule has 0 radical (unpaired) electrons. The molecule has 0 bridgehead atoms. The Morgan fingerprint density at radius 1 is 1.47 bits per heavy atom. The van der Waals surface area contributed by atoms with Gasteiger partial charge in [-0.15, -0.1) is 11.8 Å². The van der Waals surface area contributed by atoms with Crippen LogP contribution in [0.5, 0.6) is 0 Å². The monoisotopic (exact) mass is 281 g/mol. The van der Waals surface area contributed by atoms with Gasteiger partial charge in [-0.25, -0.2) is 0 Å². The molecule has 1 atom stereocenters. The van der Waals surface area contributed by atoms with Crippen molar-refractivity contribution in [3.63, 3.8) is 0 Å². The van der Waals surface area contributed by atoms with Crippen LogP contribution in [-0.2, 0) is 9.53 Å². The molecule has 1 aromatic carbocycles. The van der Waals surface area contributed by atoms with E-state index < -0.39 is 5.54 Å². The number of ether oxygens (including phenoxy) is 1. The first-order valence-electron chi connectivity index (χ1n) is 6.57. The van der Waals surface area contributed by atoms with Gasteiger partial charge in [-0.05, 0) is 46.4 Å². The van der Waals surface area contributed by atoms with Crippen molar-refractivity contribution >= 4 is 17.7 Å². The average Bonchev–Trinajstić information content (AvgIpc) is 2.39. The van der Waals surface area contributed by atoms with E-state index >= 15 is 0 Å². The molecule has 3 nitrogen and oxygen atoms in total. The lowest BCUT2D eigenvalue weighted by Gasteiger charge is -2.26. The zero-order chi connectivity index (χ0) is 14.3. The third kappa shape index (κ3) is 4.88. The Bertz CT molecular complexity index is 422. The van der Waals surface area contributed by atoms with Crippen molar-refractivity contribution in [3.05, 3.63) is 29.8 Å². The average molecular weight is 281 g/mol. The van der Waals surface area contributed by atoms with E-state index in [1.165, 1.54) is 10.5 Å². The molecule has 1 unspecified atom stereocenters. The van der Waals surface area contributed by atoms with E-state index in [9.17, 15) is 4.79 Å². The second kappa shape index (κ2) is 7.56. The van der Waals surface area contributed by atoms with Crippen molar-refractivity contribution in [2.45, 2.75) is 37.6 Å². The highest BCUT2D eigenvalue weighted by Gasteiger charge is 2.32. The Balaban J connectivity index is 2.52. The van der Waals surface area contributed by atoms with Gasteiger partial charge in [0, 0.05) is 10.6 Å². The molecule has 0 aromatic heterocycles. The molecule has 106 valence electrons. The molecule has 1 rings (SSSR count). The van der Waals surface area contributed by atoms with Crippen molar-refractivity contribution in [1.82, 2.24) is 5.32 Å². The van der Waals surface area contributed by atoms with Crippen LogP contribution in [0.15, 0.2) is 29.2 Å². The van der Waals surface area contributed by atoms with E-state index in [1.54, 1.807) is 18.8 Å². The summed E-state index contributed by atoms with van der Waals surface area (Å²) in [4.78, 5) is 13.1. The van der Waals surface area contributed by atoms with Crippen molar-refractivity contribution in [2.24, 2.45) is 0 Å². The van der Waals surface area contributed by atoms with E-state index in [4.69, 9.17) is 4.74 Å². The number of hydrogen-bond donors (Lipinski definition) is 1. The maximum Gasteiger partial charge on any atom is 0.326 e. The lowest BCUT2D eigenvalue weighted by atomic mass is 10.00. The SMILES string of the molecule is CCOC(=O)C(C)(CCSc1cccc(C)c1)NC. The number of thioether (sulfide) groups is 1. The molecule has 4 heteroatoms. The van der Waals surface area contributed by atoms with Crippen LogP contribution in [0.3, 0.4) is 0 Å². The van der Waals surface area contributed by atoms with Crippen LogP contribution >= 0.6 is 11.8 Å². The van der Waals surface area contributed by atoms with Gasteiger partial charge in [0.15, 0.2) is 0 Å². The minimum Gasteiger partial charge on any atom is -0.465 e. The second-order valence-electron chi connectivity index (χ2n) is 4.72. The summed E-state index contributed by atoms with van der Waals surface area (Å²) in [6.45, 7) is 6.22. The molecule has 0 saturated heterocycles. The summed E-state index contributed by atoms with van der Waals surface area (Å²) >= 11 is 1.76. The number of aryl methyl sites for hydroxylation is 1. The zero-order valence-electron chi connectivity index (χ0n) is 12.2. The summed E-state index contributed by atoms with van der Waals surface area (Å²) in [5.74, 6) is 0.696. The zero-order valence-corrected chi connectivity index (χ0v) is 13.0. The first-order valence-corrected chi connectivity index (χ1v) is 7.56. The van der Waals surface area contributed by atoms with Crippen LogP contribution in [-0.4, -0.2) is 30.9 Å². The molecule has 0 fully saturated rings. The molecule has 0 saturated carbocycles. The highest BCUT2D eigenvalue weighted by atomic mass is 32.2. The Morgan fingerprint density at radius 3 is 2.79 bits per heavy atom. The fourth-order valence-electron chi connectivity index (χ4n) is 1.70. The molecular weight excluding hydrogens is 258 g/mol. The fraction of sp³-hybridized carbons (Fsp3) is 0.533. The number of rotatable bonds is 7. The van der Waals surface area contributed by atoms with Crippen molar-refractivity contribution in [3.8, 4) is 0 Å². The fourth-order valence-corrected chi connectivity index (χ4v) is 2.89. The molecular formula is C15H23NO2S. The maximum absolute atomic E-state index is 11.9. The van der Waals surface area contributed by atoms with E-state index in [0.717, 1.165) is 12.2 Å². The highest BCUT2D eigenvalue weighted by Crippen LogP contribution is 2.23. The van der Waals surface area contributed by atoms with Crippen LogP contribution in [0.2, 0.25) is 0 Å². The number of esters is 1. The standard InChI is InChI=1S/C15H23NO2S/c1-5-18-14(17)15(3,16-4)9-10-19-13-8-6-7-12(2)11-13/h6-8,11,16H,5,9-10H2,1-4H3. The number of likely N-dealkylation sites (N-methyl/N-ethyl adjacent to an activating group) is 1. The van der Waals surface area contributed by atoms with Crippen molar-refractivity contribution in [1.29, 1.82) is 0 Å². The molecule has 0 aliphatic carbocycles. The van der Waals surface area contributed by atoms with Crippen LogP contribution in [0.4, 0.5) is 0 Å². The van der Waals surface area contributed by atoms with Crippen LogP contribution in [0.25, 0.3) is 0 Å². The first kappa shape index (κ1) is 16.1. The van der Waals surface area contributed by atoms with Crippen molar-refractivity contribution < 1.29 is 9.53 Å². The summed E-state index contributed by atoms with van der Waals surface area (Å²) < 4.78 is 5.11. The van der Waals surface area contributed by atoms with E-state index in [-0.39, 0.29) is 5.97 Å². The molecule has 19 heavy (non-hydrogen) atoms. The third-order valence-electron chi connectivity index (χ3n) is 3.14.